The molecule has 0 heterocycles. The first-order valence-corrected chi connectivity index (χ1v) is 9.34. The van der Waals surface area contributed by atoms with Crippen molar-refractivity contribution in [2.45, 2.75) is 4.90 Å². The van der Waals surface area contributed by atoms with E-state index in [1.54, 1.807) is 0 Å². The SMILES string of the molecule is C=C/C(=C\C=C/CNC(=O)Nc1ccc(S(=O)(=O)F)cc1)S(=O)(=O)F. The molecule has 1 aromatic rings. The second-order valence-corrected chi connectivity index (χ2v) is 7.13. The van der Waals surface area contributed by atoms with E-state index in [0.29, 0.717) is 0 Å². The summed E-state index contributed by atoms with van der Waals surface area (Å²) in [5, 5.41) is 4.75. The molecule has 0 bridgehead atoms. The molecule has 0 aliphatic carbocycles. The fourth-order valence-electron chi connectivity index (χ4n) is 1.51. The molecule has 7 nitrogen and oxygen atoms in total. The second kappa shape index (κ2) is 8.53. The summed E-state index contributed by atoms with van der Waals surface area (Å²) in [5.41, 5.74) is 0.228. The molecule has 0 aliphatic rings. The minimum atomic E-state index is -4.85. The zero-order chi connectivity index (χ0) is 19.1. The van der Waals surface area contributed by atoms with E-state index >= 15 is 0 Å². The molecule has 136 valence electrons. The average molecular weight is 392 g/mol. The van der Waals surface area contributed by atoms with Crippen LogP contribution in [0.4, 0.5) is 18.3 Å². The minimum Gasteiger partial charge on any atom is -0.334 e. The summed E-state index contributed by atoms with van der Waals surface area (Å²) >= 11 is 0. The highest BCUT2D eigenvalue weighted by molar-refractivity contribution is 7.90. The summed E-state index contributed by atoms with van der Waals surface area (Å²) in [4.78, 5) is 10.4. The number of halogens is 2. The van der Waals surface area contributed by atoms with Crippen LogP contribution < -0.4 is 10.6 Å². The Hall–Kier alpha value is -2.53. The molecular formula is C14H14F2N2O5S2. The van der Waals surface area contributed by atoms with Crippen LogP contribution in [0, 0.1) is 0 Å². The molecule has 0 radical (unpaired) electrons. The maximum atomic E-state index is 12.7. The van der Waals surface area contributed by atoms with Gasteiger partial charge in [-0.15, -0.1) is 7.77 Å². The van der Waals surface area contributed by atoms with Crippen LogP contribution in [-0.2, 0) is 20.4 Å². The molecule has 0 fully saturated rings. The number of hydrogen-bond acceptors (Lipinski definition) is 5. The predicted octanol–water partition coefficient (Wildman–Crippen LogP) is 2.39. The van der Waals surface area contributed by atoms with Gasteiger partial charge in [-0.2, -0.15) is 16.8 Å². The van der Waals surface area contributed by atoms with Gasteiger partial charge >= 0.3 is 26.5 Å². The highest BCUT2D eigenvalue weighted by Crippen LogP contribution is 2.15. The summed E-state index contributed by atoms with van der Waals surface area (Å²) in [7, 11) is -9.66. The van der Waals surface area contributed by atoms with Gasteiger partial charge in [-0.1, -0.05) is 18.7 Å². The van der Waals surface area contributed by atoms with Gasteiger partial charge in [0.05, 0.1) is 9.80 Å². The fourth-order valence-corrected chi connectivity index (χ4v) is 2.41. The third kappa shape index (κ3) is 7.27. The van der Waals surface area contributed by atoms with E-state index < -0.39 is 36.3 Å². The Labute approximate surface area is 144 Å². The molecule has 1 rings (SSSR count). The maximum absolute atomic E-state index is 12.7. The highest BCUT2D eigenvalue weighted by Gasteiger charge is 2.11. The third-order valence-electron chi connectivity index (χ3n) is 2.65. The highest BCUT2D eigenvalue weighted by atomic mass is 32.3. The van der Waals surface area contributed by atoms with Gasteiger partial charge in [0.1, 0.15) is 0 Å². The van der Waals surface area contributed by atoms with Crippen LogP contribution in [0.1, 0.15) is 0 Å². The van der Waals surface area contributed by atoms with Crippen molar-refractivity contribution < 1.29 is 29.4 Å². The van der Waals surface area contributed by atoms with E-state index in [0.717, 1.165) is 24.3 Å². The summed E-state index contributed by atoms with van der Waals surface area (Å²) in [6, 6.07) is 3.74. The van der Waals surface area contributed by atoms with Gasteiger partial charge in [-0.25, -0.2) is 4.79 Å². The number of rotatable bonds is 7. The first kappa shape index (κ1) is 20.5. The molecular weight excluding hydrogens is 378 g/mol. The predicted molar refractivity (Wildman–Crippen MR) is 89.2 cm³/mol. The lowest BCUT2D eigenvalue weighted by atomic mass is 10.3. The largest absolute Gasteiger partial charge is 0.334 e. The number of anilines is 1. The molecule has 2 amide bonds. The van der Waals surface area contributed by atoms with E-state index in [1.807, 2.05) is 0 Å². The van der Waals surface area contributed by atoms with Crippen molar-refractivity contribution >= 4 is 32.2 Å². The zero-order valence-electron chi connectivity index (χ0n) is 12.6. The molecule has 0 aliphatic heterocycles. The summed E-state index contributed by atoms with van der Waals surface area (Å²) < 4.78 is 68.0. The fraction of sp³-hybridized carbons (Fsp3) is 0.0714. The molecule has 0 aromatic heterocycles. The van der Waals surface area contributed by atoms with E-state index in [9.17, 15) is 29.4 Å². The summed E-state index contributed by atoms with van der Waals surface area (Å²) in [6.07, 6.45) is 4.38. The Morgan fingerprint density at radius 2 is 1.72 bits per heavy atom. The molecule has 2 N–H and O–H groups in total. The minimum absolute atomic E-state index is 0.00394. The van der Waals surface area contributed by atoms with Crippen molar-refractivity contribution in [2.24, 2.45) is 0 Å². The number of carbonyl (C=O) groups excluding carboxylic acids is 1. The van der Waals surface area contributed by atoms with E-state index in [2.05, 4.69) is 17.2 Å². The lowest BCUT2D eigenvalue weighted by Crippen LogP contribution is -2.28. The molecule has 0 spiro atoms. The number of amides is 2. The second-order valence-electron chi connectivity index (χ2n) is 4.44. The molecule has 11 heteroatoms. The van der Waals surface area contributed by atoms with Crippen LogP contribution in [0.15, 0.2) is 64.9 Å². The number of nitrogens with one attached hydrogen (secondary N) is 2. The Kier molecular flexibility index (Phi) is 7.00. The normalized spacial score (nSPS) is 12.8. The molecule has 25 heavy (non-hydrogen) atoms. The third-order valence-corrected chi connectivity index (χ3v) is 4.35. The van der Waals surface area contributed by atoms with Crippen LogP contribution in [0.25, 0.3) is 0 Å². The van der Waals surface area contributed by atoms with Crippen molar-refractivity contribution in [3.63, 3.8) is 0 Å². The molecule has 0 saturated carbocycles. The Balaban J connectivity index is 2.54. The van der Waals surface area contributed by atoms with Gasteiger partial charge in [-0.3, -0.25) is 0 Å². The van der Waals surface area contributed by atoms with Crippen molar-refractivity contribution in [1.29, 1.82) is 0 Å². The lowest BCUT2D eigenvalue weighted by molar-refractivity contribution is 0.253. The van der Waals surface area contributed by atoms with Gasteiger partial charge in [0, 0.05) is 12.2 Å². The Morgan fingerprint density at radius 1 is 1.12 bits per heavy atom. The number of urea groups is 1. The van der Waals surface area contributed by atoms with Gasteiger partial charge in [0.25, 0.3) is 0 Å². The van der Waals surface area contributed by atoms with Crippen LogP contribution in [0.2, 0.25) is 0 Å². The van der Waals surface area contributed by atoms with Gasteiger partial charge in [-0.05, 0) is 36.4 Å². The smallest absolute Gasteiger partial charge is 0.332 e. The first-order chi connectivity index (χ1) is 11.5. The van der Waals surface area contributed by atoms with Crippen molar-refractivity contribution in [3.8, 4) is 0 Å². The maximum Gasteiger partial charge on any atom is 0.332 e. The Bertz CT molecular complexity index is 905. The van der Waals surface area contributed by atoms with Gasteiger partial charge < -0.3 is 10.6 Å². The lowest BCUT2D eigenvalue weighted by Gasteiger charge is -2.06. The van der Waals surface area contributed by atoms with Gasteiger partial charge in [0.2, 0.25) is 0 Å². The number of hydrogen-bond donors (Lipinski definition) is 2. The quantitative estimate of drug-likeness (QED) is 0.547. The molecule has 1 aromatic carbocycles. The Morgan fingerprint density at radius 3 is 2.20 bits per heavy atom. The number of allylic oxidation sites excluding steroid dienone is 3. The number of benzene rings is 1. The summed E-state index contributed by atoms with van der Waals surface area (Å²) in [6.45, 7) is 3.16. The van der Waals surface area contributed by atoms with E-state index in [4.69, 9.17) is 0 Å². The number of carbonyl (C=O) groups is 1. The molecule has 0 atom stereocenters. The van der Waals surface area contributed by atoms with Crippen molar-refractivity contribution in [1.82, 2.24) is 5.32 Å². The van der Waals surface area contributed by atoms with Crippen molar-refractivity contribution in [3.05, 3.63) is 60.1 Å². The molecule has 0 unspecified atom stereocenters. The topological polar surface area (TPSA) is 109 Å². The zero-order valence-corrected chi connectivity index (χ0v) is 14.3. The van der Waals surface area contributed by atoms with Gasteiger partial charge in [0.15, 0.2) is 0 Å². The standard InChI is InChI=1S/C14H14F2N2O5S2/c1-2-12(24(15,20)21)5-3-4-10-17-14(19)18-11-6-8-13(9-7-11)25(16,22)23/h2-9H,1,10H2,(H2,17,18,19)/b4-3-,12-5+. The van der Waals surface area contributed by atoms with Crippen LogP contribution >= 0.6 is 0 Å². The first-order valence-electron chi connectivity index (χ1n) is 6.57. The molecule has 0 saturated heterocycles. The average Bonchev–Trinajstić information content (AvgIpc) is 2.49. The van der Waals surface area contributed by atoms with Crippen molar-refractivity contribution in [2.75, 3.05) is 11.9 Å². The van der Waals surface area contributed by atoms with E-state index in [-0.39, 0.29) is 12.2 Å². The van der Waals surface area contributed by atoms with E-state index in [1.165, 1.54) is 24.3 Å². The van der Waals surface area contributed by atoms with Crippen LogP contribution in [-0.4, -0.2) is 29.4 Å². The monoisotopic (exact) mass is 392 g/mol. The van der Waals surface area contributed by atoms with Crippen LogP contribution in [0.3, 0.4) is 0 Å². The van der Waals surface area contributed by atoms with Crippen LogP contribution in [0.5, 0.6) is 0 Å². The summed E-state index contributed by atoms with van der Waals surface area (Å²) in [5.74, 6) is 0.